The number of nitrogens with zero attached hydrogens (tertiary/aromatic N) is 3. The van der Waals surface area contributed by atoms with Crippen molar-refractivity contribution in [2.45, 2.75) is 19.9 Å². The van der Waals surface area contributed by atoms with Gasteiger partial charge in [0.15, 0.2) is 5.11 Å². The second kappa shape index (κ2) is 8.09. The maximum atomic E-state index is 5.89. The van der Waals surface area contributed by atoms with Crippen LogP contribution in [-0.4, -0.2) is 19.9 Å². The van der Waals surface area contributed by atoms with Gasteiger partial charge in [-0.05, 0) is 54.0 Å². The molecule has 1 heterocycles. The standard InChI is InChI=1S/C18H18ClN5S/c1-2-13-5-9-16(10-6-13)21-18(25)22-17-20-12-24(23-17)11-14-3-7-15(19)8-4-14/h3-10,12H,2,11H2,1H3,(H2,21,22,23,25). The SMILES string of the molecule is CCc1ccc(NC(=S)Nc2ncn(Cc3ccc(Cl)cc3)n2)cc1. The fraction of sp³-hybridized carbons (Fsp3) is 0.167. The maximum absolute atomic E-state index is 5.89. The number of nitrogens with one attached hydrogen (secondary N) is 2. The molecule has 25 heavy (non-hydrogen) atoms. The highest BCUT2D eigenvalue weighted by molar-refractivity contribution is 7.80. The van der Waals surface area contributed by atoms with Gasteiger partial charge in [0, 0.05) is 10.7 Å². The molecule has 0 aliphatic heterocycles. The second-order valence-electron chi connectivity index (χ2n) is 5.52. The van der Waals surface area contributed by atoms with E-state index in [9.17, 15) is 0 Å². The van der Waals surface area contributed by atoms with Gasteiger partial charge >= 0.3 is 0 Å². The van der Waals surface area contributed by atoms with Crippen molar-refractivity contribution in [3.8, 4) is 0 Å². The normalized spacial score (nSPS) is 10.5. The van der Waals surface area contributed by atoms with Crippen molar-refractivity contribution in [1.82, 2.24) is 14.8 Å². The number of aromatic nitrogens is 3. The molecule has 0 amide bonds. The fourth-order valence-electron chi connectivity index (χ4n) is 2.29. The van der Waals surface area contributed by atoms with Gasteiger partial charge in [0.2, 0.25) is 5.95 Å². The summed E-state index contributed by atoms with van der Waals surface area (Å²) in [5.41, 5.74) is 3.31. The van der Waals surface area contributed by atoms with Crippen LogP contribution in [0.5, 0.6) is 0 Å². The summed E-state index contributed by atoms with van der Waals surface area (Å²) >= 11 is 11.2. The summed E-state index contributed by atoms with van der Waals surface area (Å²) < 4.78 is 1.74. The predicted octanol–water partition coefficient (Wildman–Crippen LogP) is 4.35. The Morgan fingerprint density at radius 3 is 2.40 bits per heavy atom. The first-order valence-corrected chi connectivity index (χ1v) is 8.72. The molecule has 0 saturated heterocycles. The summed E-state index contributed by atoms with van der Waals surface area (Å²) in [7, 11) is 0. The van der Waals surface area contributed by atoms with Crippen LogP contribution >= 0.6 is 23.8 Å². The lowest BCUT2D eigenvalue weighted by Gasteiger charge is -2.08. The Labute approximate surface area is 157 Å². The summed E-state index contributed by atoms with van der Waals surface area (Å²) in [5.74, 6) is 0.455. The molecular formula is C18H18ClN5S. The van der Waals surface area contributed by atoms with E-state index in [4.69, 9.17) is 23.8 Å². The average molecular weight is 372 g/mol. The van der Waals surface area contributed by atoms with E-state index >= 15 is 0 Å². The third kappa shape index (κ3) is 5.01. The van der Waals surface area contributed by atoms with Gasteiger partial charge in [-0.2, -0.15) is 0 Å². The quantitative estimate of drug-likeness (QED) is 0.653. The number of aryl methyl sites for hydroxylation is 1. The Kier molecular flexibility index (Phi) is 5.63. The molecular weight excluding hydrogens is 354 g/mol. The lowest BCUT2D eigenvalue weighted by Crippen LogP contribution is -2.20. The van der Waals surface area contributed by atoms with E-state index in [0.29, 0.717) is 22.6 Å². The van der Waals surface area contributed by atoms with E-state index < -0.39 is 0 Å². The summed E-state index contributed by atoms with van der Waals surface area (Å²) in [5, 5.41) is 11.7. The van der Waals surface area contributed by atoms with Crippen LogP contribution in [0.2, 0.25) is 5.02 Å². The van der Waals surface area contributed by atoms with Crippen LogP contribution in [0, 0.1) is 0 Å². The highest BCUT2D eigenvalue weighted by Gasteiger charge is 2.05. The van der Waals surface area contributed by atoms with Gasteiger partial charge in [0.1, 0.15) is 6.33 Å². The molecule has 1 aromatic heterocycles. The highest BCUT2D eigenvalue weighted by Crippen LogP contribution is 2.12. The Morgan fingerprint density at radius 1 is 1.04 bits per heavy atom. The summed E-state index contributed by atoms with van der Waals surface area (Å²) in [6, 6.07) is 15.8. The molecule has 0 radical (unpaired) electrons. The topological polar surface area (TPSA) is 54.8 Å². The highest BCUT2D eigenvalue weighted by atomic mass is 35.5. The largest absolute Gasteiger partial charge is 0.332 e. The van der Waals surface area contributed by atoms with E-state index in [0.717, 1.165) is 17.7 Å². The Balaban J connectivity index is 1.56. The minimum Gasteiger partial charge on any atom is -0.332 e. The molecule has 5 nitrogen and oxygen atoms in total. The van der Waals surface area contributed by atoms with Crippen LogP contribution in [0.1, 0.15) is 18.1 Å². The van der Waals surface area contributed by atoms with Gasteiger partial charge in [-0.25, -0.2) is 9.67 Å². The van der Waals surface area contributed by atoms with Gasteiger partial charge in [0.25, 0.3) is 0 Å². The molecule has 0 saturated carbocycles. The molecule has 0 aliphatic carbocycles. The lowest BCUT2D eigenvalue weighted by atomic mass is 10.1. The zero-order chi connectivity index (χ0) is 17.6. The average Bonchev–Trinajstić information content (AvgIpc) is 3.04. The predicted molar refractivity (Wildman–Crippen MR) is 106 cm³/mol. The van der Waals surface area contributed by atoms with Crippen molar-refractivity contribution in [3.63, 3.8) is 0 Å². The number of benzene rings is 2. The van der Waals surface area contributed by atoms with Gasteiger partial charge in [-0.15, -0.1) is 5.10 Å². The van der Waals surface area contributed by atoms with Crippen molar-refractivity contribution >= 4 is 40.6 Å². The van der Waals surface area contributed by atoms with Gasteiger partial charge in [0.05, 0.1) is 6.54 Å². The van der Waals surface area contributed by atoms with Gasteiger partial charge < -0.3 is 5.32 Å². The van der Waals surface area contributed by atoms with Crippen LogP contribution in [0.3, 0.4) is 0 Å². The Bertz CT molecular complexity index is 843. The molecule has 128 valence electrons. The van der Waals surface area contributed by atoms with Gasteiger partial charge in [-0.1, -0.05) is 42.8 Å². The molecule has 3 rings (SSSR count). The van der Waals surface area contributed by atoms with E-state index in [1.165, 1.54) is 5.56 Å². The van der Waals surface area contributed by atoms with Crippen molar-refractivity contribution in [2.24, 2.45) is 0 Å². The van der Waals surface area contributed by atoms with Crippen molar-refractivity contribution in [1.29, 1.82) is 0 Å². The van der Waals surface area contributed by atoms with Crippen LogP contribution in [0.15, 0.2) is 54.9 Å². The third-order valence-corrected chi connectivity index (χ3v) is 4.10. The number of thiocarbonyl (C=S) groups is 1. The van der Waals surface area contributed by atoms with Crippen LogP contribution in [0.25, 0.3) is 0 Å². The molecule has 0 fully saturated rings. The number of anilines is 2. The monoisotopic (exact) mass is 371 g/mol. The van der Waals surface area contributed by atoms with Crippen LogP contribution in [0.4, 0.5) is 11.6 Å². The van der Waals surface area contributed by atoms with Crippen molar-refractivity contribution in [3.05, 3.63) is 71.0 Å². The Morgan fingerprint density at radius 2 is 1.72 bits per heavy atom. The molecule has 0 aliphatic rings. The maximum Gasteiger partial charge on any atom is 0.248 e. The Hall–Kier alpha value is -2.44. The molecule has 7 heteroatoms. The molecule has 0 unspecified atom stereocenters. The first kappa shape index (κ1) is 17.4. The molecule has 0 bridgehead atoms. The number of hydrogen-bond acceptors (Lipinski definition) is 3. The molecule has 0 atom stereocenters. The van der Waals surface area contributed by atoms with Crippen molar-refractivity contribution < 1.29 is 0 Å². The fourth-order valence-corrected chi connectivity index (χ4v) is 2.63. The second-order valence-corrected chi connectivity index (χ2v) is 6.37. The zero-order valence-corrected chi connectivity index (χ0v) is 15.3. The third-order valence-electron chi connectivity index (χ3n) is 3.64. The van der Waals surface area contributed by atoms with Gasteiger partial charge in [-0.3, -0.25) is 5.32 Å². The van der Waals surface area contributed by atoms with Crippen LogP contribution < -0.4 is 10.6 Å². The molecule has 0 spiro atoms. The van der Waals surface area contributed by atoms with Crippen molar-refractivity contribution in [2.75, 3.05) is 10.6 Å². The van der Waals surface area contributed by atoms with E-state index in [1.807, 2.05) is 36.4 Å². The molecule has 2 N–H and O–H groups in total. The minimum absolute atomic E-state index is 0.452. The smallest absolute Gasteiger partial charge is 0.248 e. The first-order chi connectivity index (χ1) is 12.1. The van der Waals surface area contributed by atoms with Crippen LogP contribution in [-0.2, 0) is 13.0 Å². The number of rotatable bonds is 5. The number of halogens is 1. The lowest BCUT2D eigenvalue weighted by molar-refractivity contribution is 0.687. The summed E-state index contributed by atoms with van der Waals surface area (Å²) in [6.45, 7) is 2.74. The summed E-state index contributed by atoms with van der Waals surface area (Å²) in [4.78, 5) is 4.23. The van der Waals surface area contributed by atoms with E-state index in [2.05, 4.69) is 39.8 Å². The number of hydrogen-bond donors (Lipinski definition) is 2. The summed E-state index contributed by atoms with van der Waals surface area (Å²) in [6.07, 6.45) is 2.67. The van der Waals surface area contributed by atoms with E-state index in [-0.39, 0.29) is 0 Å². The minimum atomic E-state index is 0.452. The molecule has 2 aromatic carbocycles. The molecule has 3 aromatic rings. The first-order valence-electron chi connectivity index (χ1n) is 7.93. The van der Waals surface area contributed by atoms with E-state index in [1.54, 1.807) is 11.0 Å². The zero-order valence-electron chi connectivity index (χ0n) is 13.7.